The molecule has 0 saturated carbocycles. The molecule has 0 radical (unpaired) electrons. The Morgan fingerprint density at radius 2 is 1.12 bits per heavy atom. The van der Waals surface area contributed by atoms with Crippen molar-refractivity contribution in [3.05, 3.63) is 0 Å². The SMILES string of the molecule is CSCC[C@H](NC(=O)CNC(=O)[C@@H](NC(=O)[C@H](CCCN=C(N)N)NC(=O)[C@H](CS)NC(=O)[C@H](CC(=O)O)NC(=O)[C@H](CC(C)C)NC(=O)[C@@H](N)CO)[C@@H](C)O)C(=O)N[C@@H](CC(C)C)C(=O)O. The first kappa shape index (κ1) is 61.5. The summed E-state index contributed by atoms with van der Waals surface area (Å²) < 4.78 is 0. The van der Waals surface area contributed by atoms with Crippen LogP contribution in [0.4, 0.5) is 0 Å². The van der Waals surface area contributed by atoms with Crippen molar-refractivity contribution in [3.8, 4) is 0 Å². The van der Waals surface area contributed by atoms with Crippen molar-refractivity contribution in [2.24, 2.45) is 34.0 Å². The minimum Gasteiger partial charge on any atom is -0.481 e. The van der Waals surface area contributed by atoms with E-state index in [9.17, 15) is 68.4 Å². The summed E-state index contributed by atoms with van der Waals surface area (Å²) in [5.41, 5.74) is 16.3. The van der Waals surface area contributed by atoms with Crippen LogP contribution in [-0.4, -0.2) is 177 Å². The molecule has 0 aromatic rings. The molecule has 0 aliphatic rings. The number of carbonyl (C=O) groups is 10. The van der Waals surface area contributed by atoms with E-state index in [0.29, 0.717) is 5.75 Å². The average Bonchev–Trinajstić information content (AvgIpc) is 3.23. The van der Waals surface area contributed by atoms with Crippen LogP contribution >= 0.6 is 24.4 Å². The molecule has 0 aromatic carbocycles. The van der Waals surface area contributed by atoms with Gasteiger partial charge in [-0.2, -0.15) is 24.4 Å². The number of thiol groups is 1. The first-order valence-corrected chi connectivity index (χ1v) is 23.3. The molecule has 0 saturated heterocycles. The number of aliphatic hydroxyl groups is 2. The van der Waals surface area contributed by atoms with Crippen molar-refractivity contribution < 1.29 is 68.4 Å². The van der Waals surface area contributed by atoms with E-state index in [-0.39, 0.29) is 56.4 Å². The molecule has 18 N–H and O–H groups in total. The molecule has 9 atom stereocenters. The summed E-state index contributed by atoms with van der Waals surface area (Å²) in [6.45, 7) is 6.62. The van der Waals surface area contributed by atoms with E-state index in [1.807, 2.05) is 0 Å². The van der Waals surface area contributed by atoms with Crippen LogP contribution in [0.15, 0.2) is 4.99 Å². The molecule has 0 bridgehead atoms. The van der Waals surface area contributed by atoms with Crippen LogP contribution < -0.4 is 59.7 Å². The van der Waals surface area contributed by atoms with Gasteiger partial charge in [-0.1, -0.05) is 27.7 Å². The van der Waals surface area contributed by atoms with Crippen LogP contribution in [0.2, 0.25) is 0 Å². The third kappa shape index (κ3) is 25.3. The Bertz CT molecular complexity index is 1720. The quantitative estimate of drug-likeness (QED) is 0.0126. The number of hydrogen-bond acceptors (Lipinski definition) is 16. The second-order valence-electron chi connectivity index (χ2n) is 16.3. The van der Waals surface area contributed by atoms with Crippen LogP contribution in [-0.2, 0) is 47.9 Å². The lowest BCUT2D eigenvalue weighted by Crippen LogP contribution is -2.61. The van der Waals surface area contributed by atoms with E-state index < -0.39 is 139 Å². The van der Waals surface area contributed by atoms with Gasteiger partial charge in [-0.25, -0.2) is 4.79 Å². The van der Waals surface area contributed by atoms with Crippen LogP contribution in [0.1, 0.15) is 73.1 Å². The number of nitrogens with one attached hydrogen (secondary N) is 8. The van der Waals surface area contributed by atoms with E-state index >= 15 is 0 Å². The highest BCUT2D eigenvalue weighted by molar-refractivity contribution is 7.98. The highest BCUT2D eigenvalue weighted by Gasteiger charge is 2.35. The Kier molecular flexibility index (Phi) is 29.7. The molecule has 0 heterocycles. The number of hydrogen-bond donors (Lipinski definition) is 16. The maximum absolute atomic E-state index is 13.7. The Morgan fingerprint density at radius 3 is 1.63 bits per heavy atom. The van der Waals surface area contributed by atoms with Gasteiger partial charge in [0.2, 0.25) is 47.3 Å². The molecule has 67 heavy (non-hydrogen) atoms. The number of guanidine groups is 1. The Labute approximate surface area is 398 Å². The van der Waals surface area contributed by atoms with E-state index in [1.54, 1.807) is 34.0 Å². The fourth-order valence-corrected chi connectivity index (χ4v) is 6.61. The van der Waals surface area contributed by atoms with Gasteiger partial charge in [0.15, 0.2) is 5.96 Å². The van der Waals surface area contributed by atoms with Gasteiger partial charge >= 0.3 is 11.9 Å². The maximum Gasteiger partial charge on any atom is 0.326 e. The van der Waals surface area contributed by atoms with Gasteiger partial charge in [-0.05, 0) is 62.9 Å². The van der Waals surface area contributed by atoms with Crippen molar-refractivity contribution in [1.82, 2.24) is 42.5 Å². The minimum atomic E-state index is -1.80. The third-order valence-corrected chi connectivity index (χ3v) is 10.4. The molecule has 8 amide bonds. The van der Waals surface area contributed by atoms with Gasteiger partial charge in [0, 0.05) is 12.3 Å². The second kappa shape index (κ2) is 32.3. The number of aliphatic carboxylic acids is 2. The summed E-state index contributed by atoms with van der Waals surface area (Å²) in [6.07, 6.45) is -0.685. The summed E-state index contributed by atoms with van der Waals surface area (Å²) in [5, 5.41) is 57.6. The summed E-state index contributed by atoms with van der Waals surface area (Å²) >= 11 is 5.48. The summed E-state index contributed by atoms with van der Waals surface area (Å²) in [6, 6.07) is -11.7. The van der Waals surface area contributed by atoms with Crippen molar-refractivity contribution in [2.75, 3.05) is 37.5 Å². The summed E-state index contributed by atoms with van der Waals surface area (Å²) in [5.74, 6) is -11.1. The van der Waals surface area contributed by atoms with Gasteiger partial charge in [-0.3, -0.25) is 48.1 Å². The van der Waals surface area contributed by atoms with Gasteiger partial charge in [0.1, 0.15) is 48.3 Å². The molecule has 0 aliphatic carbocycles. The van der Waals surface area contributed by atoms with Crippen molar-refractivity contribution in [3.63, 3.8) is 0 Å². The van der Waals surface area contributed by atoms with E-state index in [1.165, 1.54) is 11.8 Å². The number of aliphatic imine (C=N–C) groups is 1. The second-order valence-corrected chi connectivity index (χ2v) is 17.6. The lowest BCUT2D eigenvalue weighted by Gasteiger charge is -2.27. The van der Waals surface area contributed by atoms with E-state index in [2.05, 4.69) is 60.2 Å². The fourth-order valence-electron chi connectivity index (χ4n) is 5.88. The lowest BCUT2D eigenvalue weighted by atomic mass is 10.0. The molecule has 0 spiro atoms. The normalized spacial score (nSPS) is 15.1. The van der Waals surface area contributed by atoms with Crippen molar-refractivity contribution >= 4 is 89.5 Å². The smallest absolute Gasteiger partial charge is 0.326 e. The molecular formula is C39H70N12O14S2. The first-order valence-electron chi connectivity index (χ1n) is 21.3. The van der Waals surface area contributed by atoms with E-state index in [4.69, 9.17) is 17.2 Å². The zero-order valence-corrected chi connectivity index (χ0v) is 40.2. The Hall–Kier alpha value is -5.45. The van der Waals surface area contributed by atoms with Gasteiger partial charge < -0.3 is 80.2 Å². The number of nitrogens with two attached hydrogens (primary N) is 3. The molecule has 0 fully saturated rings. The predicted octanol–water partition coefficient (Wildman–Crippen LogP) is -5.42. The van der Waals surface area contributed by atoms with E-state index in [0.717, 1.165) is 6.92 Å². The molecule has 0 unspecified atom stereocenters. The number of nitrogens with zero attached hydrogens (tertiary/aromatic N) is 1. The minimum absolute atomic E-state index is 0.0218. The topological polar surface area (TPSA) is 438 Å². The monoisotopic (exact) mass is 994 g/mol. The van der Waals surface area contributed by atoms with Crippen LogP contribution in [0.25, 0.3) is 0 Å². The fraction of sp³-hybridized carbons (Fsp3) is 0.718. The van der Waals surface area contributed by atoms with Crippen molar-refractivity contribution in [1.29, 1.82) is 0 Å². The third-order valence-electron chi connectivity index (χ3n) is 9.35. The summed E-state index contributed by atoms with van der Waals surface area (Å²) in [4.78, 5) is 133. The number of carbonyl (C=O) groups excluding carboxylic acids is 8. The number of aliphatic hydroxyl groups excluding tert-OH is 2. The van der Waals surface area contributed by atoms with Crippen LogP contribution in [0.5, 0.6) is 0 Å². The predicted molar refractivity (Wildman–Crippen MR) is 249 cm³/mol. The zero-order chi connectivity index (χ0) is 51.6. The molecule has 0 rings (SSSR count). The maximum atomic E-state index is 13.7. The van der Waals surface area contributed by atoms with Gasteiger partial charge in [-0.15, -0.1) is 0 Å². The largest absolute Gasteiger partial charge is 0.481 e. The standard InChI is InChI=1S/C39H70N12O14S2/c1-18(2)12-24(47-31(57)21(40)16-52)34(60)48-25(14-29(55)56)35(61)50-27(17-66)36(62)46-22(8-7-10-43-39(41)42)33(59)51-30(20(5)53)37(63)44-15-28(54)45-23(9-11-67-6)32(58)49-26(38(64)65)13-19(3)4/h18-27,30,52-53,66H,7-17,40H2,1-6H3,(H,44,63)(H,45,54)(H,46,62)(H,47,57)(H,48,60)(H,49,58)(H,50,61)(H,51,59)(H,55,56)(H,64,65)(H4,41,42,43)/t20-,21+,22+,23+,24+,25+,26+,27+,30+/m1/s1. The number of carboxylic acids is 2. The van der Waals surface area contributed by atoms with Crippen molar-refractivity contribution in [2.45, 2.75) is 128 Å². The van der Waals surface area contributed by atoms with Crippen LogP contribution in [0.3, 0.4) is 0 Å². The molecular weight excluding hydrogens is 925 g/mol. The number of amides is 8. The summed E-state index contributed by atoms with van der Waals surface area (Å²) in [7, 11) is 0. The molecule has 382 valence electrons. The zero-order valence-electron chi connectivity index (χ0n) is 38.5. The number of carboxylic acid groups (broad SMARTS) is 2. The molecule has 26 nitrogen and oxygen atoms in total. The molecule has 0 aromatic heterocycles. The van der Waals surface area contributed by atoms with Gasteiger partial charge in [0.05, 0.1) is 25.7 Å². The van der Waals surface area contributed by atoms with Gasteiger partial charge in [0.25, 0.3) is 0 Å². The highest BCUT2D eigenvalue weighted by Crippen LogP contribution is 2.10. The van der Waals surface area contributed by atoms with Crippen LogP contribution in [0, 0.1) is 11.8 Å². The number of thioether (sulfide) groups is 1. The lowest BCUT2D eigenvalue weighted by molar-refractivity contribution is -0.143. The molecule has 28 heteroatoms. The molecule has 0 aliphatic heterocycles. The Morgan fingerprint density at radius 1 is 0.642 bits per heavy atom. The number of rotatable bonds is 33. The Balaban J connectivity index is 6.22. The first-order chi connectivity index (χ1) is 31.3. The average molecular weight is 995 g/mol. The highest BCUT2D eigenvalue weighted by atomic mass is 32.2.